The van der Waals surface area contributed by atoms with Crippen molar-refractivity contribution in [2.45, 2.75) is 51.5 Å². The molecule has 9 nitrogen and oxygen atoms in total. The summed E-state index contributed by atoms with van der Waals surface area (Å²) in [7, 11) is 1.58. The van der Waals surface area contributed by atoms with Crippen molar-refractivity contribution in [3.8, 4) is 5.75 Å². The Morgan fingerprint density at radius 3 is 2.77 bits per heavy atom. The first-order valence-electron chi connectivity index (χ1n) is 10.1. The predicted molar refractivity (Wildman–Crippen MR) is 113 cm³/mol. The van der Waals surface area contributed by atoms with Gasteiger partial charge in [0.15, 0.2) is 0 Å². The number of nitrogens with one attached hydrogen (secondary N) is 1. The molecular formula is C21H30N4O5. The molecule has 0 bridgehead atoms. The second-order valence-electron chi connectivity index (χ2n) is 8.51. The van der Waals surface area contributed by atoms with Gasteiger partial charge in [-0.3, -0.25) is 9.69 Å². The molecule has 0 saturated carbocycles. The van der Waals surface area contributed by atoms with Crippen molar-refractivity contribution in [1.29, 1.82) is 0 Å². The first-order chi connectivity index (χ1) is 14.2. The Morgan fingerprint density at radius 1 is 1.33 bits per heavy atom. The van der Waals surface area contributed by atoms with Crippen LogP contribution in [0.4, 0.5) is 4.79 Å². The predicted octanol–water partition coefficient (Wildman–Crippen LogP) is 1.36. The third-order valence-electron chi connectivity index (χ3n) is 5.06. The third-order valence-corrected chi connectivity index (χ3v) is 5.06. The Hall–Kier alpha value is -2.65. The Kier molecular flexibility index (Phi) is 6.62. The highest BCUT2D eigenvalue weighted by atomic mass is 16.6. The molecule has 0 unspecified atom stereocenters. The highest BCUT2D eigenvalue weighted by Gasteiger charge is 2.30. The summed E-state index contributed by atoms with van der Waals surface area (Å²) in [6.45, 7) is 7.54. The van der Waals surface area contributed by atoms with Crippen molar-refractivity contribution in [3.05, 3.63) is 34.7 Å². The molecule has 0 spiro atoms. The van der Waals surface area contributed by atoms with Crippen molar-refractivity contribution in [1.82, 2.24) is 19.8 Å². The smallest absolute Gasteiger partial charge is 0.407 e. The highest BCUT2D eigenvalue weighted by Crippen LogP contribution is 2.18. The minimum Gasteiger partial charge on any atom is -0.497 e. The van der Waals surface area contributed by atoms with Gasteiger partial charge >= 0.3 is 6.09 Å². The van der Waals surface area contributed by atoms with E-state index in [1.54, 1.807) is 38.5 Å². The van der Waals surface area contributed by atoms with E-state index in [0.29, 0.717) is 43.9 Å². The van der Waals surface area contributed by atoms with E-state index in [9.17, 15) is 14.7 Å². The summed E-state index contributed by atoms with van der Waals surface area (Å²) in [4.78, 5) is 30.6. The van der Waals surface area contributed by atoms with Gasteiger partial charge in [0, 0.05) is 32.2 Å². The van der Waals surface area contributed by atoms with Crippen LogP contribution in [0.1, 0.15) is 27.2 Å². The van der Waals surface area contributed by atoms with Crippen molar-refractivity contribution >= 4 is 17.1 Å². The van der Waals surface area contributed by atoms with E-state index in [0.717, 1.165) is 5.52 Å². The average molecular weight is 418 g/mol. The zero-order valence-electron chi connectivity index (χ0n) is 17.9. The van der Waals surface area contributed by atoms with Gasteiger partial charge in [-0.25, -0.2) is 9.78 Å². The molecule has 0 aliphatic carbocycles. The summed E-state index contributed by atoms with van der Waals surface area (Å²) in [5.41, 5.74) is 0.663. The molecule has 1 fully saturated rings. The molecule has 9 heteroatoms. The molecule has 1 aromatic carbocycles. The number of aliphatic hydroxyl groups excluding tert-OH is 1. The normalized spacial score (nSPS) is 20.2. The second kappa shape index (κ2) is 9.01. The van der Waals surface area contributed by atoms with Crippen LogP contribution < -0.4 is 15.6 Å². The van der Waals surface area contributed by atoms with Crippen LogP contribution in [0.5, 0.6) is 5.75 Å². The molecule has 30 heavy (non-hydrogen) atoms. The topological polar surface area (TPSA) is 106 Å². The van der Waals surface area contributed by atoms with Crippen LogP contribution in [0.3, 0.4) is 0 Å². The van der Waals surface area contributed by atoms with Crippen LogP contribution in [0, 0.1) is 0 Å². The summed E-state index contributed by atoms with van der Waals surface area (Å²) < 4.78 is 12.2. The van der Waals surface area contributed by atoms with E-state index < -0.39 is 17.8 Å². The number of likely N-dealkylation sites (tertiary alicyclic amines) is 1. The van der Waals surface area contributed by atoms with E-state index in [1.165, 1.54) is 6.20 Å². The zero-order chi connectivity index (χ0) is 21.9. The summed E-state index contributed by atoms with van der Waals surface area (Å²) in [6.07, 6.45) is 0.682. The fourth-order valence-corrected chi connectivity index (χ4v) is 3.57. The molecule has 1 aliphatic heterocycles. The van der Waals surface area contributed by atoms with Crippen LogP contribution in [-0.4, -0.2) is 70.1 Å². The number of benzene rings is 1. The fraction of sp³-hybridized carbons (Fsp3) is 0.571. The van der Waals surface area contributed by atoms with E-state index in [1.807, 2.05) is 12.1 Å². The third kappa shape index (κ3) is 5.48. The number of piperidine rings is 1. The summed E-state index contributed by atoms with van der Waals surface area (Å²) >= 11 is 0. The van der Waals surface area contributed by atoms with Crippen molar-refractivity contribution in [2.24, 2.45) is 0 Å². The van der Waals surface area contributed by atoms with Gasteiger partial charge in [-0.05, 0) is 39.3 Å². The number of hydrogen-bond acceptors (Lipinski definition) is 7. The van der Waals surface area contributed by atoms with Crippen LogP contribution in [0.15, 0.2) is 29.2 Å². The van der Waals surface area contributed by atoms with Gasteiger partial charge in [0.25, 0.3) is 5.56 Å². The number of methoxy groups -OCH3 is 1. The van der Waals surface area contributed by atoms with E-state index in [-0.39, 0.29) is 11.6 Å². The quantitative estimate of drug-likeness (QED) is 0.755. The van der Waals surface area contributed by atoms with Crippen molar-refractivity contribution < 1.29 is 19.4 Å². The molecule has 2 N–H and O–H groups in total. The maximum Gasteiger partial charge on any atom is 0.407 e. The first-order valence-corrected chi connectivity index (χ1v) is 10.1. The number of fused-ring (bicyclic) bond motifs is 1. The van der Waals surface area contributed by atoms with Gasteiger partial charge in [-0.1, -0.05) is 0 Å². The monoisotopic (exact) mass is 418 g/mol. The number of hydrogen-bond donors (Lipinski definition) is 2. The SMILES string of the molecule is COc1ccc2ncc(=O)n(CCN3CC[C@@H](NC(=O)OC(C)(C)C)[C@H](O)C3)c2c1. The lowest BCUT2D eigenvalue weighted by molar-refractivity contribution is 0.0194. The molecule has 2 atom stereocenters. The summed E-state index contributed by atoms with van der Waals surface area (Å²) in [6, 6.07) is 5.07. The zero-order valence-corrected chi connectivity index (χ0v) is 17.9. The number of carbonyl (C=O) groups is 1. The number of nitrogens with zero attached hydrogens (tertiary/aromatic N) is 3. The molecule has 2 heterocycles. The van der Waals surface area contributed by atoms with E-state index >= 15 is 0 Å². The lowest BCUT2D eigenvalue weighted by Gasteiger charge is -2.36. The lowest BCUT2D eigenvalue weighted by Crippen LogP contribution is -2.55. The first kappa shape index (κ1) is 22.0. The van der Waals surface area contributed by atoms with Crippen LogP contribution in [-0.2, 0) is 11.3 Å². The molecule has 1 aromatic heterocycles. The molecule has 2 aromatic rings. The van der Waals surface area contributed by atoms with Crippen LogP contribution >= 0.6 is 0 Å². The molecule has 3 rings (SSSR count). The molecule has 1 saturated heterocycles. The Morgan fingerprint density at radius 2 is 2.10 bits per heavy atom. The molecule has 1 amide bonds. The second-order valence-corrected chi connectivity index (χ2v) is 8.51. The van der Waals surface area contributed by atoms with Crippen LogP contribution in [0.2, 0.25) is 0 Å². The standard InChI is InChI=1S/C21H30N4O5/c1-21(2,3)30-20(28)23-16-7-8-24(13-18(16)26)9-10-25-17-11-14(29-4)5-6-15(17)22-12-19(25)27/h5-6,11-12,16,18,26H,7-10,13H2,1-4H3,(H,23,28)/t16-,18-/m1/s1. The van der Waals surface area contributed by atoms with Crippen LogP contribution in [0.25, 0.3) is 11.0 Å². The maximum atomic E-state index is 12.4. The largest absolute Gasteiger partial charge is 0.497 e. The van der Waals surface area contributed by atoms with Gasteiger partial charge < -0.3 is 24.5 Å². The minimum atomic E-state index is -0.711. The van der Waals surface area contributed by atoms with Gasteiger partial charge in [0.2, 0.25) is 0 Å². The number of amides is 1. The molecule has 1 aliphatic rings. The number of rotatable bonds is 5. The Bertz CT molecular complexity index is 953. The molecule has 0 radical (unpaired) electrons. The van der Waals surface area contributed by atoms with E-state index in [4.69, 9.17) is 9.47 Å². The van der Waals surface area contributed by atoms with Gasteiger partial charge in [0.1, 0.15) is 11.4 Å². The summed E-state index contributed by atoms with van der Waals surface area (Å²) in [5, 5.41) is 13.2. The van der Waals surface area contributed by atoms with Gasteiger partial charge in [-0.2, -0.15) is 0 Å². The molecular weight excluding hydrogens is 388 g/mol. The number of carbonyl (C=O) groups excluding carboxylic acids is 1. The number of aromatic nitrogens is 2. The Balaban J connectivity index is 1.61. The van der Waals surface area contributed by atoms with Gasteiger partial charge in [0.05, 0.1) is 36.5 Å². The van der Waals surface area contributed by atoms with E-state index in [2.05, 4.69) is 15.2 Å². The highest BCUT2D eigenvalue weighted by molar-refractivity contribution is 5.76. The number of alkyl carbamates (subject to hydrolysis) is 1. The number of β-amino-alcohol motifs (C(OH)–C–C–N with tert-alkyl or cyclic N) is 1. The fourth-order valence-electron chi connectivity index (χ4n) is 3.57. The molecule has 164 valence electrons. The van der Waals surface area contributed by atoms with Crippen molar-refractivity contribution in [3.63, 3.8) is 0 Å². The maximum absolute atomic E-state index is 12.4. The lowest BCUT2D eigenvalue weighted by atomic mass is 10.0. The average Bonchev–Trinajstić information content (AvgIpc) is 2.67. The van der Waals surface area contributed by atoms with Crippen molar-refractivity contribution in [2.75, 3.05) is 26.7 Å². The number of aliphatic hydroxyl groups is 1. The minimum absolute atomic E-state index is 0.183. The summed E-state index contributed by atoms with van der Waals surface area (Å²) in [5.74, 6) is 0.660. The number of ether oxygens (including phenoxy) is 2. The van der Waals surface area contributed by atoms with Gasteiger partial charge in [-0.15, -0.1) is 0 Å². The Labute approximate surface area is 175 Å².